The second-order valence-electron chi connectivity index (χ2n) is 7.48. The predicted molar refractivity (Wildman–Crippen MR) is 115 cm³/mol. The first-order valence-electron chi connectivity index (χ1n) is 12.5. The summed E-state index contributed by atoms with van der Waals surface area (Å²) >= 11 is 1.33. The third-order valence-electron chi connectivity index (χ3n) is 4.18. The quantitative estimate of drug-likeness (QED) is 0.361. The van der Waals surface area contributed by atoms with Crippen LogP contribution >= 0.6 is 11.3 Å². The maximum atomic E-state index is 8.64. The Morgan fingerprint density at radius 3 is 2.73 bits per heavy atom. The molecule has 1 nitrogen and oxygen atoms in total. The van der Waals surface area contributed by atoms with Gasteiger partial charge in [0.25, 0.3) is 0 Å². The van der Waals surface area contributed by atoms with Crippen LogP contribution in [0.3, 0.4) is 0 Å². The predicted octanol–water partition coefficient (Wildman–Crippen LogP) is 7.32. The number of thiophene rings is 1. The first-order valence-corrected chi connectivity index (χ1v) is 9.30. The van der Waals surface area contributed by atoms with Gasteiger partial charge in [0.05, 0.1) is 5.69 Å². The molecule has 0 amide bonds. The third kappa shape index (κ3) is 3.14. The Kier molecular flexibility index (Phi) is 2.44. The van der Waals surface area contributed by atoms with E-state index in [1.165, 1.54) is 17.4 Å². The summed E-state index contributed by atoms with van der Waals surface area (Å²) in [5.74, 6) is 0. The van der Waals surface area contributed by atoms with Crippen molar-refractivity contribution in [3.8, 4) is 11.3 Å². The van der Waals surface area contributed by atoms with E-state index in [0.717, 1.165) is 0 Å². The summed E-state index contributed by atoms with van der Waals surface area (Å²) in [6.45, 7) is 0.891. The number of aryl methyl sites for hydroxylation is 2. The fourth-order valence-electron chi connectivity index (χ4n) is 3.17. The molecule has 4 rings (SSSR count). The molecule has 132 valence electrons. The van der Waals surface area contributed by atoms with Crippen molar-refractivity contribution in [2.24, 2.45) is 5.41 Å². The minimum Gasteiger partial charge on any atom is -0.256 e. The summed E-state index contributed by atoms with van der Waals surface area (Å²) in [6, 6.07) is 11.5. The van der Waals surface area contributed by atoms with Crippen LogP contribution in [0, 0.1) is 19.1 Å². The maximum absolute atomic E-state index is 8.64. The molecule has 0 saturated carbocycles. The van der Waals surface area contributed by atoms with Crippen molar-refractivity contribution >= 4 is 31.5 Å². The third-order valence-corrected chi connectivity index (χ3v) is 5.36. The zero-order valence-corrected chi connectivity index (χ0v) is 15.8. The van der Waals surface area contributed by atoms with E-state index in [4.69, 9.17) is 11.0 Å². The van der Waals surface area contributed by atoms with Gasteiger partial charge < -0.3 is 0 Å². The van der Waals surface area contributed by atoms with E-state index >= 15 is 0 Å². The molecule has 2 aromatic heterocycles. The Morgan fingerprint density at radius 1 is 1.08 bits per heavy atom. The SMILES string of the molecule is [2H]C([2H])([2H])c1ccc2c(c1)sc1c(-c3cc(C([2H])([2H])C(C)(C)C)ccn3)ccc(C([2H])([2H])[2H])c12. The number of aromatic nitrogens is 1. The number of fused-ring (bicyclic) bond motifs is 3. The second kappa shape index (κ2) is 6.21. The molecule has 2 heteroatoms. The summed E-state index contributed by atoms with van der Waals surface area (Å²) in [5, 5.41) is 1.24. The van der Waals surface area contributed by atoms with Crippen LogP contribution in [0.2, 0.25) is 0 Å². The molecule has 2 aromatic carbocycles. The van der Waals surface area contributed by atoms with E-state index in [9.17, 15) is 0 Å². The highest BCUT2D eigenvalue weighted by Gasteiger charge is 2.15. The Labute approximate surface area is 171 Å². The van der Waals surface area contributed by atoms with Crippen molar-refractivity contribution < 1.29 is 11.0 Å². The van der Waals surface area contributed by atoms with Crippen molar-refractivity contribution in [1.82, 2.24) is 4.98 Å². The van der Waals surface area contributed by atoms with Gasteiger partial charge in [-0.05, 0) is 60.4 Å². The Bertz CT molecular complexity index is 1390. The molecular formula is C24H25NS. The van der Waals surface area contributed by atoms with Gasteiger partial charge in [0.1, 0.15) is 0 Å². The molecule has 0 bridgehead atoms. The Balaban J connectivity index is 2.03. The van der Waals surface area contributed by atoms with Crippen LogP contribution in [0.25, 0.3) is 31.4 Å². The van der Waals surface area contributed by atoms with E-state index in [-0.39, 0.29) is 11.1 Å². The zero-order chi connectivity index (χ0) is 25.3. The molecule has 0 fully saturated rings. The van der Waals surface area contributed by atoms with E-state index in [0.29, 0.717) is 37.0 Å². The Morgan fingerprint density at radius 2 is 1.96 bits per heavy atom. The van der Waals surface area contributed by atoms with Gasteiger partial charge in [0.15, 0.2) is 0 Å². The molecule has 0 atom stereocenters. The molecule has 0 saturated heterocycles. The maximum Gasteiger partial charge on any atom is 0.0719 e. The summed E-state index contributed by atoms with van der Waals surface area (Å²) in [4.78, 5) is 4.48. The first-order chi connectivity index (χ1) is 15.5. The van der Waals surface area contributed by atoms with E-state index in [1.54, 1.807) is 42.6 Å². The lowest BCUT2D eigenvalue weighted by Crippen LogP contribution is -2.09. The van der Waals surface area contributed by atoms with Gasteiger partial charge in [-0.15, -0.1) is 11.3 Å². The Hall–Kier alpha value is -2.19. The van der Waals surface area contributed by atoms with Gasteiger partial charge in [-0.25, -0.2) is 0 Å². The average Bonchev–Trinajstić information content (AvgIpc) is 3.09. The molecule has 0 spiro atoms. The van der Waals surface area contributed by atoms with Crippen molar-refractivity contribution in [2.75, 3.05) is 0 Å². The second-order valence-corrected chi connectivity index (χ2v) is 8.53. The zero-order valence-electron chi connectivity index (χ0n) is 23.0. The molecule has 2 heterocycles. The number of hydrogen-bond donors (Lipinski definition) is 0. The molecule has 0 aliphatic heterocycles. The van der Waals surface area contributed by atoms with Crippen LogP contribution in [0.15, 0.2) is 48.7 Å². The lowest BCUT2D eigenvalue weighted by atomic mass is 9.88. The fraction of sp³-hybridized carbons (Fsp3) is 0.292. The van der Waals surface area contributed by atoms with Crippen LogP contribution in [-0.4, -0.2) is 4.98 Å². The van der Waals surface area contributed by atoms with Crippen molar-refractivity contribution in [2.45, 2.75) is 40.8 Å². The van der Waals surface area contributed by atoms with Gasteiger partial charge in [0.2, 0.25) is 0 Å². The average molecular weight is 368 g/mol. The molecule has 0 N–H and O–H groups in total. The summed E-state index contributed by atoms with van der Waals surface area (Å²) in [6.07, 6.45) is -0.0466. The highest BCUT2D eigenvalue weighted by Crippen LogP contribution is 2.41. The number of pyridine rings is 1. The topological polar surface area (TPSA) is 12.9 Å². The number of benzene rings is 2. The normalized spacial score (nSPS) is 18.3. The van der Waals surface area contributed by atoms with Gasteiger partial charge in [-0.3, -0.25) is 4.98 Å². The molecule has 0 aliphatic rings. The van der Waals surface area contributed by atoms with Crippen LogP contribution in [-0.2, 0) is 6.37 Å². The smallest absolute Gasteiger partial charge is 0.0719 e. The highest BCUT2D eigenvalue weighted by atomic mass is 32.1. The largest absolute Gasteiger partial charge is 0.256 e. The molecular weight excluding hydrogens is 334 g/mol. The fourth-order valence-corrected chi connectivity index (χ4v) is 4.46. The minimum atomic E-state index is -2.35. The number of nitrogens with zero attached hydrogens (tertiary/aromatic N) is 1. The van der Waals surface area contributed by atoms with Crippen LogP contribution < -0.4 is 0 Å². The summed E-state index contributed by atoms with van der Waals surface area (Å²) in [5.41, 5.74) is 1.46. The van der Waals surface area contributed by atoms with E-state index in [2.05, 4.69) is 4.98 Å². The van der Waals surface area contributed by atoms with Crippen LogP contribution in [0.1, 0.15) is 48.4 Å². The van der Waals surface area contributed by atoms with E-state index < -0.39 is 25.5 Å². The molecule has 4 aromatic rings. The number of hydrogen-bond acceptors (Lipinski definition) is 2. The lowest BCUT2D eigenvalue weighted by Gasteiger charge is -2.18. The van der Waals surface area contributed by atoms with Crippen LogP contribution in [0.5, 0.6) is 0 Å². The summed E-state index contributed by atoms with van der Waals surface area (Å²) < 4.78 is 66.0. The lowest BCUT2D eigenvalue weighted by molar-refractivity contribution is 0.411. The van der Waals surface area contributed by atoms with Crippen molar-refractivity contribution in [1.29, 1.82) is 0 Å². The van der Waals surface area contributed by atoms with Gasteiger partial charge in [0, 0.05) is 42.9 Å². The molecule has 0 aliphatic carbocycles. The van der Waals surface area contributed by atoms with Gasteiger partial charge >= 0.3 is 0 Å². The van der Waals surface area contributed by atoms with Gasteiger partial charge in [-0.2, -0.15) is 0 Å². The monoisotopic (exact) mass is 367 g/mol. The minimum absolute atomic E-state index is 0.195. The van der Waals surface area contributed by atoms with E-state index in [1.807, 2.05) is 20.8 Å². The highest BCUT2D eigenvalue weighted by molar-refractivity contribution is 7.26. The molecule has 26 heavy (non-hydrogen) atoms. The first kappa shape index (κ1) is 10.2. The van der Waals surface area contributed by atoms with Gasteiger partial charge in [-0.1, -0.05) is 45.0 Å². The number of rotatable bonds is 2. The standard InChI is InChI=1S/C24H25NS/c1-15-6-8-19-21(12-15)26-23-18(9-7-16(2)22(19)23)20-13-17(10-11-25-20)14-24(3,4)5/h6-13H,14H2,1-5H3/i1D3,2D3,14D2. The molecule has 0 radical (unpaired) electrons. The summed E-state index contributed by atoms with van der Waals surface area (Å²) in [7, 11) is 0. The van der Waals surface area contributed by atoms with Crippen molar-refractivity contribution in [3.63, 3.8) is 0 Å². The van der Waals surface area contributed by atoms with Crippen molar-refractivity contribution in [3.05, 3.63) is 65.4 Å². The molecule has 0 unspecified atom stereocenters. The van der Waals surface area contributed by atoms with Crippen LogP contribution in [0.4, 0.5) is 0 Å².